The van der Waals surface area contributed by atoms with Crippen molar-refractivity contribution in [3.05, 3.63) is 70.0 Å². The Morgan fingerprint density at radius 2 is 1.86 bits per heavy atom. The summed E-state index contributed by atoms with van der Waals surface area (Å²) in [6.07, 6.45) is 1.53. The number of rotatable bonds is 4. The van der Waals surface area contributed by atoms with Crippen molar-refractivity contribution >= 4 is 45.8 Å². The van der Waals surface area contributed by atoms with Crippen molar-refractivity contribution in [2.75, 3.05) is 12.4 Å². The van der Waals surface area contributed by atoms with Crippen molar-refractivity contribution in [2.24, 2.45) is 0 Å². The number of carbonyl (C=O) groups excluding carboxylic acids is 1. The molecular formula is C20H15Cl2N5O2. The molecule has 2 aromatic heterocycles. The van der Waals surface area contributed by atoms with E-state index in [0.29, 0.717) is 38.7 Å². The highest BCUT2D eigenvalue weighted by atomic mass is 35.5. The lowest BCUT2D eigenvalue weighted by Gasteiger charge is -2.08. The second-order valence-electron chi connectivity index (χ2n) is 6.26. The lowest BCUT2D eigenvalue weighted by Crippen LogP contribution is -2.13. The number of benzene rings is 2. The smallest absolute Gasteiger partial charge is 0.258 e. The number of fused-ring (bicyclic) bond motifs is 1. The normalized spacial score (nSPS) is 10.9. The summed E-state index contributed by atoms with van der Waals surface area (Å²) in [5, 5.41) is 12.5. The van der Waals surface area contributed by atoms with E-state index in [4.69, 9.17) is 27.9 Å². The molecule has 0 atom stereocenters. The maximum Gasteiger partial charge on any atom is 0.258 e. The van der Waals surface area contributed by atoms with Crippen molar-refractivity contribution in [3.8, 4) is 11.4 Å². The second-order valence-corrected chi connectivity index (χ2v) is 7.03. The minimum Gasteiger partial charge on any atom is -0.495 e. The molecule has 0 spiro atoms. The predicted octanol–water partition coefficient (Wildman–Crippen LogP) is 4.69. The lowest BCUT2D eigenvalue weighted by molar-refractivity contribution is 0.102. The summed E-state index contributed by atoms with van der Waals surface area (Å²) in [6, 6.07) is 12.2. The van der Waals surface area contributed by atoms with E-state index < -0.39 is 0 Å². The van der Waals surface area contributed by atoms with E-state index in [-0.39, 0.29) is 11.1 Å². The molecule has 2 aromatic carbocycles. The van der Waals surface area contributed by atoms with Gasteiger partial charge in [-0.25, -0.2) is 4.98 Å². The van der Waals surface area contributed by atoms with Gasteiger partial charge < -0.3 is 10.1 Å². The summed E-state index contributed by atoms with van der Waals surface area (Å²) in [6.45, 7) is 1.88. The molecule has 0 unspecified atom stereocenters. The van der Waals surface area contributed by atoms with Crippen molar-refractivity contribution < 1.29 is 9.53 Å². The monoisotopic (exact) mass is 427 g/mol. The van der Waals surface area contributed by atoms with Gasteiger partial charge in [-0.05, 0) is 55.0 Å². The van der Waals surface area contributed by atoms with Crippen LogP contribution in [0.2, 0.25) is 10.2 Å². The van der Waals surface area contributed by atoms with E-state index in [0.717, 1.165) is 5.56 Å². The summed E-state index contributed by atoms with van der Waals surface area (Å²) in [7, 11) is 1.55. The SMILES string of the molecule is COc1ccc(-n2nc3cc(C)c(NC(=O)c4cccnc4Cl)cc3n2)cc1Cl. The zero-order chi connectivity index (χ0) is 20.5. The number of anilines is 1. The van der Waals surface area contributed by atoms with Crippen LogP contribution in [0.25, 0.3) is 16.7 Å². The van der Waals surface area contributed by atoms with Gasteiger partial charge in [-0.1, -0.05) is 23.2 Å². The highest BCUT2D eigenvalue weighted by Gasteiger charge is 2.14. The van der Waals surface area contributed by atoms with Crippen molar-refractivity contribution in [1.82, 2.24) is 20.0 Å². The van der Waals surface area contributed by atoms with Crippen LogP contribution < -0.4 is 10.1 Å². The van der Waals surface area contributed by atoms with Crippen LogP contribution in [0.3, 0.4) is 0 Å². The van der Waals surface area contributed by atoms with E-state index in [2.05, 4.69) is 20.5 Å². The zero-order valence-corrected chi connectivity index (χ0v) is 17.0. The molecule has 0 bridgehead atoms. The minimum absolute atomic E-state index is 0.145. The fraction of sp³-hybridized carbons (Fsp3) is 0.100. The van der Waals surface area contributed by atoms with Gasteiger partial charge in [0.2, 0.25) is 0 Å². The third-order valence-corrected chi connectivity index (χ3v) is 4.94. The van der Waals surface area contributed by atoms with Crippen LogP contribution in [0.5, 0.6) is 5.75 Å². The molecule has 0 fully saturated rings. The highest BCUT2D eigenvalue weighted by Crippen LogP contribution is 2.27. The molecule has 0 aliphatic heterocycles. The number of aromatic nitrogens is 4. The molecule has 1 N–H and O–H groups in total. The Kier molecular flexibility index (Phi) is 5.08. The number of pyridine rings is 1. The van der Waals surface area contributed by atoms with Gasteiger partial charge in [-0.3, -0.25) is 4.79 Å². The first-order valence-corrected chi connectivity index (χ1v) is 9.35. The van der Waals surface area contributed by atoms with Gasteiger partial charge in [-0.15, -0.1) is 10.2 Å². The van der Waals surface area contributed by atoms with Gasteiger partial charge in [0.15, 0.2) is 0 Å². The first-order valence-electron chi connectivity index (χ1n) is 8.60. The van der Waals surface area contributed by atoms with Crippen LogP contribution in [0.15, 0.2) is 48.7 Å². The molecule has 0 saturated heterocycles. The minimum atomic E-state index is -0.347. The third-order valence-electron chi connectivity index (χ3n) is 4.34. The zero-order valence-electron chi connectivity index (χ0n) is 15.5. The Labute approximate surface area is 176 Å². The second kappa shape index (κ2) is 7.69. The summed E-state index contributed by atoms with van der Waals surface area (Å²) in [5.41, 5.74) is 3.75. The van der Waals surface area contributed by atoms with Crippen LogP contribution in [-0.2, 0) is 0 Å². The molecule has 1 amide bonds. The van der Waals surface area contributed by atoms with Crippen LogP contribution in [0.4, 0.5) is 5.69 Å². The summed E-state index contributed by atoms with van der Waals surface area (Å²) < 4.78 is 5.17. The number of carbonyl (C=O) groups is 1. The maximum atomic E-state index is 12.5. The van der Waals surface area contributed by atoms with Crippen LogP contribution >= 0.6 is 23.2 Å². The largest absolute Gasteiger partial charge is 0.495 e. The quantitative estimate of drug-likeness (QED) is 0.477. The predicted molar refractivity (Wildman–Crippen MR) is 112 cm³/mol. The van der Waals surface area contributed by atoms with Gasteiger partial charge >= 0.3 is 0 Å². The van der Waals surface area contributed by atoms with Crippen LogP contribution in [-0.4, -0.2) is 33.0 Å². The standard InChI is InChI=1S/C20H15Cl2N5O2/c1-11-8-16-17(10-15(11)24-20(28)13-4-3-7-23-19(13)22)26-27(25-16)12-5-6-18(29-2)14(21)9-12/h3-10H,1-2H3,(H,24,28). The number of ether oxygens (including phenoxy) is 1. The molecule has 4 aromatic rings. The van der Waals surface area contributed by atoms with Crippen molar-refractivity contribution in [1.29, 1.82) is 0 Å². The topological polar surface area (TPSA) is 81.9 Å². The summed E-state index contributed by atoms with van der Waals surface area (Å²) in [4.78, 5) is 18.0. The molecule has 146 valence electrons. The Bertz CT molecular complexity index is 1240. The van der Waals surface area contributed by atoms with E-state index in [1.54, 1.807) is 37.4 Å². The molecule has 0 aliphatic rings. The molecule has 0 saturated carbocycles. The van der Waals surface area contributed by atoms with Gasteiger partial charge in [-0.2, -0.15) is 4.80 Å². The van der Waals surface area contributed by atoms with Gasteiger partial charge in [0.1, 0.15) is 21.9 Å². The molecule has 4 rings (SSSR count). The number of aryl methyl sites for hydroxylation is 1. The van der Waals surface area contributed by atoms with Crippen molar-refractivity contribution in [3.63, 3.8) is 0 Å². The van der Waals surface area contributed by atoms with Gasteiger partial charge in [0.05, 0.1) is 23.4 Å². The lowest BCUT2D eigenvalue weighted by atomic mass is 10.1. The number of amides is 1. The first kappa shape index (κ1) is 19.2. The summed E-state index contributed by atoms with van der Waals surface area (Å²) in [5.74, 6) is 0.224. The Balaban J connectivity index is 1.68. The van der Waals surface area contributed by atoms with Crippen LogP contribution in [0, 0.1) is 6.92 Å². The van der Waals surface area contributed by atoms with Gasteiger partial charge in [0.25, 0.3) is 5.91 Å². The van der Waals surface area contributed by atoms with E-state index in [1.165, 1.54) is 11.0 Å². The first-order chi connectivity index (χ1) is 14.0. The average molecular weight is 428 g/mol. The Hall–Kier alpha value is -3.16. The van der Waals surface area contributed by atoms with E-state index in [9.17, 15) is 4.79 Å². The Morgan fingerprint density at radius 3 is 2.55 bits per heavy atom. The summed E-state index contributed by atoms with van der Waals surface area (Å²) >= 11 is 12.2. The molecule has 0 aliphatic carbocycles. The van der Waals surface area contributed by atoms with E-state index >= 15 is 0 Å². The van der Waals surface area contributed by atoms with Crippen molar-refractivity contribution in [2.45, 2.75) is 6.92 Å². The number of nitrogens with one attached hydrogen (secondary N) is 1. The highest BCUT2D eigenvalue weighted by molar-refractivity contribution is 6.33. The number of halogens is 2. The van der Waals surface area contributed by atoms with E-state index in [1.807, 2.05) is 19.1 Å². The van der Waals surface area contributed by atoms with Crippen LogP contribution in [0.1, 0.15) is 15.9 Å². The Morgan fingerprint density at radius 1 is 1.10 bits per heavy atom. The molecule has 9 heteroatoms. The fourth-order valence-corrected chi connectivity index (χ4v) is 3.30. The third kappa shape index (κ3) is 3.74. The fourth-order valence-electron chi connectivity index (χ4n) is 2.84. The van der Waals surface area contributed by atoms with Gasteiger partial charge in [0, 0.05) is 11.9 Å². The molecule has 7 nitrogen and oxygen atoms in total. The number of nitrogens with zero attached hydrogens (tertiary/aromatic N) is 4. The number of hydrogen-bond acceptors (Lipinski definition) is 5. The molecule has 29 heavy (non-hydrogen) atoms. The number of hydrogen-bond donors (Lipinski definition) is 1. The molecule has 0 radical (unpaired) electrons. The average Bonchev–Trinajstić information content (AvgIpc) is 3.11. The number of methoxy groups -OCH3 is 1. The maximum absolute atomic E-state index is 12.5. The molecule has 2 heterocycles. The molecular weight excluding hydrogens is 413 g/mol.